The molecule has 0 bridgehead atoms. The van der Waals surface area contributed by atoms with E-state index in [0.29, 0.717) is 11.7 Å². The Bertz CT molecular complexity index is 1150. The van der Waals surface area contributed by atoms with Crippen molar-refractivity contribution in [3.8, 4) is 11.4 Å². The lowest BCUT2D eigenvalue weighted by molar-refractivity contribution is 0.265. The number of hydrogen-bond acceptors (Lipinski definition) is 5. The van der Waals surface area contributed by atoms with Gasteiger partial charge in [0.05, 0.1) is 22.8 Å². The number of nitrogens with one attached hydrogen (secondary N) is 1. The standard InChI is InChI=1S/C23H23N5O/c1-2-6-20-19(5-1)25-15-28(20)13-16-7-9-17(10-8-16)21-26-22(29-27-21)23-11-3-4-18(23)12-24-14-23/h1-2,5-10,15,18,24H,3-4,11-14H2/t18-,23-/m1/s1. The van der Waals surface area contributed by atoms with E-state index in [1.807, 2.05) is 24.5 Å². The van der Waals surface area contributed by atoms with Crippen LogP contribution in [0.15, 0.2) is 59.4 Å². The molecule has 2 aromatic heterocycles. The number of imidazole rings is 1. The number of rotatable bonds is 4. The molecule has 0 radical (unpaired) electrons. The maximum absolute atomic E-state index is 5.76. The summed E-state index contributed by atoms with van der Waals surface area (Å²) in [5, 5.41) is 7.82. The van der Waals surface area contributed by atoms with E-state index in [-0.39, 0.29) is 5.41 Å². The average molecular weight is 385 g/mol. The fourth-order valence-electron chi connectivity index (χ4n) is 5.14. The fourth-order valence-corrected chi connectivity index (χ4v) is 5.14. The molecule has 3 heterocycles. The molecule has 2 atom stereocenters. The molecule has 1 aliphatic carbocycles. The van der Waals surface area contributed by atoms with Crippen molar-refractivity contribution in [1.82, 2.24) is 25.0 Å². The first-order valence-electron chi connectivity index (χ1n) is 10.4. The van der Waals surface area contributed by atoms with Crippen LogP contribution in [-0.4, -0.2) is 32.8 Å². The van der Waals surface area contributed by atoms with Crippen molar-refractivity contribution < 1.29 is 4.52 Å². The maximum Gasteiger partial charge on any atom is 0.234 e. The molecule has 6 heteroatoms. The van der Waals surface area contributed by atoms with E-state index in [1.165, 1.54) is 18.4 Å². The van der Waals surface area contributed by atoms with Gasteiger partial charge in [0.25, 0.3) is 0 Å². The summed E-state index contributed by atoms with van der Waals surface area (Å²) in [5.41, 5.74) is 4.43. The summed E-state index contributed by atoms with van der Waals surface area (Å²) < 4.78 is 7.93. The second kappa shape index (κ2) is 6.52. The average Bonchev–Trinajstić information content (AvgIpc) is 3.52. The van der Waals surface area contributed by atoms with Crippen molar-refractivity contribution in [3.05, 3.63) is 66.3 Å². The summed E-state index contributed by atoms with van der Waals surface area (Å²) in [5.74, 6) is 2.13. The van der Waals surface area contributed by atoms with Gasteiger partial charge in [-0.1, -0.05) is 48.0 Å². The minimum atomic E-state index is 0.0493. The van der Waals surface area contributed by atoms with Gasteiger partial charge >= 0.3 is 0 Å². The predicted molar refractivity (Wildman–Crippen MR) is 110 cm³/mol. The van der Waals surface area contributed by atoms with Crippen LogP contribution in [0.2, 0.25) is 0 Å². The molecule has 4 aromatic rings. The Balaban J connectivity index is 1.24. The fraction of sp³-hybridized carbons (Fsp3) is 0.348. The molecule has 0 unspecified atom stereocenters. The smallest absolute Gasteiger partial charge is 0.234 e. The van der Waals surface area contributed by atoms with Gasteiger partial charge in [0.2, 0.25) is 11.7 Å². The lowest BCUT2D eigenvalue weighted by atomic mass is 9.80. The van der Waals surface area contributed by atoms with E-state index < -0.39 is 0 Å². The summed E-state index contributed by atoms with van der Waals surface area (Å²) in [6.07, 6.45) is 5.55. The second-order valence-electron chi connectivity index (χ2n) is 8.36. The molecule has 29 heavy (non-hydrogen) atoms. The Hall–Kier alpha value is -2.99. The highest BCUT2D eigenvalue weighted by Gasteiger charge is 2.51. The molecule has 146 valence electrons. The Labute approximate surface area is 169 Å². The molecule has 6 nitrogen and oxygen atoms in total. The summed E-state index contributed by atoms with van der Waals surface area (Å²) >= 11 is 0. The number of fused-ring (bicyclic) bond motifs is 2. The second-order valence-corrected chi connectivity index (χ2v) is 8.36. The van der Waals surface area contributed by atoms with E-state index in [0.717, 1.165) is 48.5 Å². The van der Waals surface area contributed by atoms with Crippen LogP contribution >= 0.6 is 0 Å². The molecule has 1 aliphatic heterocycles. The normalized spacial score (nSPS) is 23.7. The van der Waals surface area contributed by atoms with Crippen LogP contribution in [0, 0.1) is 5.92 Å². The molecule has 1 N–H and O–H groups in total. The molecule has 6 rings (SSSR count). The van der Waals surface area contributed by atoms with E-state index >= 15 is 0 Å². The molecule has 2 aromatic carbocycles. The minimum absolute atomic E-state index is 0.0493. The molecular weight excluding hydrogens is 362 g/mol. The monoisotopic (exact) mass is 385 g/mol. The molecule has 0 spiro atoms. The lowest BCUT2D eigenvalue weighted by Gasteiger charge is -2.22. The highest BCUT2D eigenvalue weighted by atomic mass is 16.5. The zero-order valence-corrected chi connectivity index (χ0v) is 16.2. The topological polar surface area (TPSA) is 68.8 Å². The van der Waals surface area contributed by atoms with E-state index in [1.54, 1.807) is 0 Å². The molecule has 2 aliphatic rings. The Morgan fingerprint density at radius 3 is 2.97 bits per heavy atom. The SMILES string of the molecule is c1ccc2c(c1)ncn2Cc1ccc(-c2noc([C@@]34CCC[C@@H]3CNC4)n2)cc1. The van der Waals surface area contributed by atoms with Gasteiger partial charge in [-0.25, -0.2) is 4.98 Å². The number of para-hydroxylation sites is 2. The Kier molecular flexibility index (Phi) is 3.81. The minimum Gasteiger partial charge on any atom is -0.338 e. The van der Waals surface area contributed by atoms with Crippen LogP contribution in [0.4, 0.5) is 0 Å². The third-order valence-corrected chi connectivity index (χ3v) is 6.73. The van der Waals surface area contributed by atoms with Crippen molar-refractivity contribution in [3.63, 3.8) is 0 Å². The van der Waals surface area contributed by atoms with Crippen molar-refractivity contribution in [2.24, 2.45) is 5.92 Å². The number of nitrogens with zero attached hydrogens (tertiary/aromatic N) is 4. The molecule has 0 amide bonds. The summed E-state index contributed by atoms with van der Waals surface area (Å²) in [7, 11) is 0. The van der Waals surface area contributed by atoms with Crippen molar-refractivity contribution in [1.29, 1.82) is 0 Å². The summed E-state index contributed by atoms with van der Waals surface area (Å²) in [6, 6.07) is 16.6. The number of hydrogen-bond donors (Lipinski definition) is 1. The van der Waals surface area contributed by atoms with Crippen LogP contribution in [0.3, 0.4) is 0 Å². The first-order valence-corrected chi connectivity index (χ1v) is 10.4. The largest absolute Gasteiger partial charge is 0.338 e. The third-order valence-electron chi connectivity index (χ3n) is 6.73. The van der Waals surface area contributed by atoms with Crippen LogP contribution in [0.1, 0.15) is 30.7 Å². The zero-order chi connectivity index (χ0) is 19.3. The number of aromatic nitrogens is 4. The summed E-state index contributed by atoms with van der Waals surface area (Å²) in [6.45, 7) is 2.81. The first-order chi connectivity index (χ1) is 14.3. The Morgan fingerprint density at radius 1 is 1.14 bits per heavy atom. The van der Waals surface area contributed by atoms with Gasteiger partial charge < -0.3 is 14.4 Å². The molecule has 1 saturated heterocycles. The quantitative estimate of drug-likeness (QED) is 0.579. The highest BCUT2D eigenvalue weighted by Crippen LogP contribution is 2.47. The van der Waals surface area contributed by atoms with Gasteiger partial charge in [0, 0.05) is 18.7 Å². The van der Waals surface area contributed by atoms with Crippen molar-refractivity contribution >= 4 is 11.0 Å². The van der Waals surface area contributed by atoms with Gasteiger partial charge in [0.1, 0.15) is 0 Å². The third kappa shape index (κ3) is 2.70. The van der Waals surface area contributed by atoms with Crippen LogP contribution in [0.25, 0.3) is 22.4 Å². The predicted octanol–water partition coefficient (Wildman–Crippen LogP) is 3.78. The van der Waals surface area contributed by atoms with Gasteiger partial charge in [-0.15, -0.1) is 0 Å². The van der Waals surface area contributed by atoms with Crippen LogP contribution in [0.5, 0.6) is 0 Å². The van der Waals surface area contributed by atoms with Gasteiger partial charge in [-0.3, -0.25) is 0 Å². The molecule has 1 saturated carbocycles. The number of benzene rings is 2. The maximum atomic E-state index is 5.76. The lowest BCUT2D eigenvalue weighted by Crippen LogP contribution is -2.31. The van der Waals surface area contributed by atoms with Crippen molar-refractivity contribution in [2.45, 2.75) is 31.2 Å². The van der Waals surface area contributed by atoms with Crippen molar-refractivity contribution in [2.75, 3.05) is 13.1 Å². The van der Waals surface area contributed by atoms with Gasteiger partial charge in [0.15, 0.2) is 0 Å². The van der Waals surface area contributed by atoms with Gasteiger partial charge in [-0.2, -0.15) is 4.98 Å². The first kappa shape index (κ1) is 16.9. The van der Waals surface area contributed by atoms with E-state index in [2.05, 4.69) is 50.4 Å². The van der Waals surface area contributed by atoms with Gasteiger partial charge in [-0.05, 0) is 43.0 Å². The zero-order valence-electron chi connectivity index (χ0n) is 16.2. The highest BCUT2D eigenvalue weighted by molar-refractivity contribution is 5.75. The Morgan fingerprint density at radius 2 is 2.03 bits per heavy atom. The summed E-state index contributed by atoms with van der Waals surface area (Å²) in [4.78, 5) is 9.28. The molecule has 2 fully saturated rings. The van der Waals surface area contributed by atoms with Crippen LogP contribution in [-0.2, 0) is 12.0 Å². The van der Waals surface area contributed by atoms with E-state index in [9.17, 15) is 0 Å². The van der Waals surface area contributed by atoms with Crippen LogP contribution < -0.4 is 5.32 Å². The van der Waals surface area contributed by atoms with E-state index in [4.69, 9.17) is 9.51 Å². The molecular formula is C23H23N5O.